The number of carbonyl (C=O) groups excluding carboxylic acids is 1. The molecule has 1 aliphatic carbocycles. The Morgan fingerprint density at radius 2 is 2.20 bits per heavy atom. The van der Waals surface area contributed by atoms with Gasteiger partial charge in [-0.05, 0) is 42.0 Å². The van der Waals surface area contributed by atoms with Crippen LogP contribution in [0.15, 0.2) is 18.2 Å². The van der Waals surface area contributed by atoms with Crippen LogP contribution in [0, 0.1) is 0 Å². The van der Waals surface area contributed by atoms with E-state index < -0.39 is 0 Å². The second-order valence-corrected chi connectivity index (χ2v) is 3.94. The Morgan fingerprint density at radius 1 is 1.47 bits per heavy atom. The van der Waals surface area contributed by atoms with E-state index in [-0.39, 0.29) is 12.6 Å². The van der Waals surface area contributed by atoms with Crippen molar-refractivity contribution >= 4 is 5.97 Å². The zero-order chi connectivity index (χ0) is 10.8. The number of hydrogen-bond acceptors (Lipinski definition) is 3. The van der Waals surface area contributed by atoms with Gasteiger partial charge in [0, 0.05) is 6.92 Å². The average Bonchev–Trinajstić information content (AvgIpc) is 2.99. The van der Waals surface area contributed by atoms with E-state index in [4.69, 9.17) is 9.84 Å². The highest BCUT2D eigenvalue weighted by atomic mass is 16.5. The summed E-state index contributed by atoms with van der Waals surface area (Å²) in [6, 6.07) is 5.57. The van der Waals surface area contributed by atoms with E-state index in [1.165, 1.54) is 19.8 Å². The Labute approximate surface area is 88.7 Å². The van der Waals surface area contributed by atoms with Crippen molar-refractivity contribution in [2.45, 2.75) is 32.3 Å². The van der Waals surface area contributed by atoms with Crippen molar-refractivity contribution in [2.75, 3.05) is 0 Å². The molecule has 0 saturated heterocycles. The molecule has 1 aliphatic rings. The lowest BCUT2D eigenvalue weighted by atomic mass is 10.1. The van der Waals surface area contributed by atoms with Crippen LogP contribution in [0.25, 0.3) is 0 Å². The molecule has 3 heteroatoms. The van der Waals surface area contributed by atoms with E-state index in [2.05, 4.69) is 0 Å². The van der Waals surface area contributed by atoms with Crippen molar-refractivity contribution in [3.8, 4) is 5.75 Å². The van der Waals surface area contributed by atoms with Gasteiger partial charge >= 0.3 is 5.97 Å². The molecule has 0 atom stereocenters. The summed E-state index contributed by atoms with van der Waals surface area (Å²) in [5.74, 6) is 0.800. The summed E-state index contributed by atoms with van der Waals surface area (Å²) >= 11 is 0. The van der Waals surface area contributed by atoms with Crippen molar-refractivity contribution in [2.24, 2.45) is 0 Å². The van der Waals surface area contributed by atoms with E-state index in [1.807, 2.05) is 12.1 Å². The second-order valence-electron chi connectivity index (χ2n) is 3.94. The third-order valence-corrected chi connectivity index (χ3v) is 2.48. The molecule has 1 aromatic carbocycles. The van der Waals surface area contributed by atoms with Crippen LogP contribution < -0.4 is 4.74 Å². The van der Waals surface area contributed by atoms with Crippen LogP contribution in [0.2, 0.25) is 0 Å². The summed E-state index contributed by atoms with van der Waals surface area (Å²) in [6.45, 7) is 1.36. The van der Waals surface area contributed by atoms with Gasteiger partial charge in [0.25, 0.3) is 0 Å². The first-order valence-corrected chi connectivity index (χ1v) is 5.12. The topological polar surface area (TPSA) is 46.5 Å². The number of benzene rings is 1. The normalized spacial score (nSPS) is 15.1. The first kappa shape index (κ1) is 10.2. The highest BCUT2D eigenvalue weighted by Crippen LogP contribution is 2.41. The molecule has 3 nitrogen and oxygen atoms in total. The quantitative estimate of drug-likeness (QED) is 0.607. The molecule has 0 spiro atoms. The molecular weight excluding hydrogens is 192 g/mol. The lowest BCUT2D eigenvalue weighted by Crippen LogP contribution is -2.02. The minimum absolute atomic E-state index is 0.0190. The molecule has 1 saturated carbocycles. The Balaban J connectivity index is 2.28. The maximum atomic E-state index is 10.8. The van der Waals surface area contributed by atoms with Crippen molar-refractivity contribution in [1.82, 2.24) is 0 Å². The fourth-order valence-corrected chi connectivity index (χ4v) is 1.65. The fraction of sp³-hybridized carbons (Fsp3) is 0.417. The number of ether oxygens (including phenoxy) is 1. The van der Waals surface area contributed by atoms with Crippen LogP contribution in [0.1, 0.15) is 36.8 Å². The molecule has 1 N–H and O–H groups in total. The van der Waals surface area contributed by atoms with Gasteiger partial charge < -0.3 is 9.84 Å². The lowest BCUT2D eigenvalue weighted by molar-refractivity contribution is -0.131. The van der Waals surface area contributed by atoms with Gasteiger partial charge in [-0.25, -0.2) is 0 Å². The van der Waals surface area contributed by atoms with Crippen molar-refractivity contribution in [3.63, 3.8) is 0 Å². The van der Waals surface area contributed by atoms with Crippen LogP contribution in [-0.2, 0) is 11.4 Å². The van der Waals surface area contributed by atoms with Gasteiger partial charge in [0.05, 0.1) is 6.61 Å². The standard InChI is InChI=1S/C12H14O3/c1-8(14)15-12-5-9(7-13)4-11(6-12)10-2-3-10/h4-6,10,13H,2-3,7H2,1H3. The van der Waals surface area contributed by atoms with Gasteiger partial charge in [-0.3, -0.25) is 4.79 Å². The van der Waals surface area contributed by atoms with E-state index in [0.717, 1.165) is 11.1 Å². The van der Waals surface area contributed by atoms with Gasteiger partial charge in [-0.15, -0.1) is 0 Å². The predicted octanol–water partition coefficient (Wildman–Crippen LogP) is 1.98. The number of aliphatic hydroxyl groups is 1. The van der Waals surface area contributed by atoms with Gasteiger partial charge in [0.15, 0.2) is 0 Å². The van der Waals surface area contributed by atoms with E-state index >= 15 is 0 Å². The second kappa shape index (κ2) is 4.03. The van der Waals surface area contributed by atoms with Crippen LogP contribution in [0.4, 0.5) is 0 Å². The SMILES string of the molecule is CC(=O)Oc1cc(CO)cc(C2CC2)c1. The van der Waals surface area contributed by atoms with Gasteiger partial charge in [-0.1, -0.05) is 6.07 Å². The van der Waals surface area contributed by atoms with Crippen molar-refractivity contribution < 1.29 is 14.6 Å². The molecule has 1 aromatic rings. The Hall–Kier alpha value is -1.35. The molecular formula is C12H14O3. The molecule has 0 amide bonds. The minimum Gasteiger partial charge on any atom is -0.427 e. The number of hydrogen-bond donors (Lipinski definition) is 1. The fourth-order valence-electron chi connectivity index (χ4n) is 1.65. The maximum Gasteiger partial charge on any atom is 0.308 e. The highest BCUT2D eigenvalue weighted by Gasteiger charge is 2.24. The summed E-state index contributed by atoms with van der Waals surface area (Å²) in [5, 5.41) is 9.08. The summed E-state index contributed by atoms with van der Waals surface area (Å²) in [4.78, 5) is 10.8. The summed E-state index contributed by atoms with van der Waals surface area (Å²) in [7, 11) is 0. The molecule has 0 bridgehead atoms. The Kier molecular flexibility index (Phi) is 2.73. The zero-order valence-electron chi connectivity index (χ0n) is 8.69. The largest absolute Gasteiger partial charge is 0.427 e. The molecule has 0 unspecified atom stereocenters. The van der Waals surface area contributed by atoms with E-state index in [0.29, 0.717) is 11.7 Å². The van der Waals surface area contributed by atoms with E-state index in [9.17, 15) is 4.79 Å². The van der Waals surface area contributed by atoms with E-state index in [1.54, 1.807) is 6.07 Å². The summed E-state index contributed by atoms with van der Waals surface area (Å²) in [5.41, 5.74) is 1.97. The van der Waals surface area contributed by atoms with Crippen LogP contribution in [-0.4, -0.2) is 11.1 Å². The first-order chi connectivity index (χ1) is 7.19. The Bertz CT molecular complexity index is 380. The molecule has 0 aromatic heterocycles. The number of rotatable bonds is 3. The molecule has 0 aliphatic heterocycles. The summed E-state index contributed by atoms with van der Waals surface area (Å²) < 4.78 is 5.03. The van der Waals surface area contributed by atoms with Gasteiger partial charge in [0.2, 0.25) is 0 Å². The number of carbonyl (C=O) groups is 1. The number of aliphatic hydroxyl groups excluding tert-OH is 1. The maximum absolute atomic E-state index is 10.8. The van der Waals surface area contributed by atoms with Crippen molar-refractivity contribution in [1.29, 1.82) is 0 Å². The van der Waals surface area contributed by atoms with Gasteiger partial charge in [-0.2, -0.15) is 0 Å². The monoisotopic (exact) mass is 206 g/mol. The smallest absolute Gasteiger partial charge is 0.308 e. The third kappa shape index (κ3) is 2.57. The van der Waals surface area contributed by atoms with Crippen LogP contribution >= 0.6 is 0 Å². The van der Waals surface area contributed by atoms with Gasteiger partial charge in [0.1, 0.15) is 5.75 Å². The predicted molar refractivity (Wildman–Crippen MR) is 55.6 cm³/mol. The molecule has 0 heterocycles. The molecule has 80 valence electrons. The Morgan fingerprint density at radius 3 is 2.73 bits per heavy atom. The average molecular weight is 206 g/mol. The highest BCUT2D eigenvalue weighted by molar-refractivity contribution is 5.69. The van der Waals surface area contributed by atoms with Crippen LogP contribution in [0.5, 0.6) is 5.75 Å². The zero-order valence-corrected chi connectivity index (χ0v) is 8.69. The summed E-state index contributed by atoms with van der Waals surface area (Å²) in [6.07, 6.45) is 2.38. The molecule has 1 fully saturated rings. The van der Waals surface area contributed by atoms with Crippen LogP contribution in [0.3, 0.4) is 0 Å². The lowest BCUT2D eigenvalue weighted by Gasteiger charge is -2.07. The van der Waals surface area contributed by atoms with Crippen molar-refractivity contribution in [3.05, 3.63) is 29.3 Å². The molecule has 2 rings (SSSR count). The molecule has 0 radical (unpaired) electrons. The minimum atomic E-state index is -0.327. The number of esters is 1. The first-order valence-electron chi connectivity index (χ1n) is 5.12. The molecule has 15 heavy (non-hydrogen) atoms. The third-order valence-electron chi connectivity index (χ3n) is 2.48.